The maximum absolute atomic E-state index is 5.25. The molecule has 190 valence electrons. The van der Waals surface area contributed by atoms with Gasteiger partial charge < -0.3 is 5.32 Å². The molecule has 0 bridgehead atoms. The van der Waals surface area contributed by atoms with Gasteiger partial charge in [0.2, 0.25) is 0 Å². The van der Waals surface area contributed by atoms with Gasteiger partial charge in [-0.15, -0.1) is 0 Å². The lowest BCUT2D eigenvalue weighted by molar-refractivity contribution is 0.639. The van der Waals surface area contributed by atoms with Crippen LogP contribution in [0.1, 0.15) is 70.0 Å². The molecule has 0 saturated heterocycles. The molecule has 1 aromatic heterocycles. The van der Waals surface area contributed by atoms with Gasteiger partial charge >= 0.3 is 0 Å². The van der Waals surface area contributed by atoms with E-state index in [2.05, 4.69) is 146 Å². The summed E-state index contributed by atoms with van der Waals surface area (Å²) in [5, 5.41) is 3.92. The van der Waals surface area contributed by atoms with Crippen molar-refractivity contribution in [3.05, 3.63) is 124 Å². The van der Waals surface area contributed by atoms with Gasteiger partial charge in [0, 0.05) is 12.7 Å². The normalized spacial score (nSPS) is 13.6. The maximum Gasteiger partial charge on any atom is 0.0940 e. The van der Waals surface area contributed by atoms with Crippen LogP contribution in [0.3, 0.4) is 0 Å². The average Bonchev–Trinajstić information content (AvgIpc) is 2.82. The molecule has 3 aromatic rings. The number of aromatic nitrogens is 1. The van der Waals surface area contributed by atoms with Gasteiger partial charge in [-0.05, 0) is 73.9 Å². The van der Waals surface area contributed by atoms with Crippen LogP contribution in [0, 0.1) is 32.6 Å². The lowest BCUT2D eigenvalue weighted by Crippen LogP contribution is -2.25. The molecule has 3 rings (SSSR count). The van der Waals surface area contributed by atoms with E-state index in [0.29, 0.717) is 11.8 Å². The minimum atomic E-state index is -0.0741. The minimum Gasteiger partial charge on any atom is -0.373 e. The summed E-state index contributed by atoms with van der Waals surface area (Å²) in [7, 11) is 0. The molecule has 0 saturated carbocycles. The molecule has 1 unspecified atom stereocenters. The van der Waals surface area contributed by atoms with Gasteiger partial charge in [-0.2, -0.15) is 0 Å². The average molecular weight is 481 g/mol. The first-order valence-electron chi connectivity index (χ1n) is 13.1. The summed E-state index contributed by atoms with van der Waals surface area (Å²) in [4.78, 5) is 5.25. The number of allylic oxidation sites excluding steroid dienone is 5. The second kappa shape index (κ2) is 12.5. The second-order valence-corrected chi connectivity index (χ2v) is 10.3. The van der Waals surface area contributed by atoms with E-state index in [4.69, 9.17) is 4.98 Å². The summed E-state index contributed by atoms with van der Waals surface area (Å²) in [6.07, 6.45) is 8.78. The number of pyridine rings is 1. The van der Waals surface area contributed by atoms with Crippen LogP contribution in [0.4, 0.5) is 0 Å². The Labute approximate surface area is 220 Å². The van der Waals surface area contributed by atoms with Gasteiger partial charge in [0.1, 0.15) is 0 Å². The van der Waals surface area contributed by atoms with Crippen LogP contribution in [-0.2, 0) is 0 Å². The Morgan fingerprint density at radius 1 is 0.889 bits per heavy atom. The molecule has 0 fully saturated rings. The molecule has 0 aliphatic rings. The van der Waals surface area contributed by atoms with E-state index in [-0.39, 0.29) is 7.47 Å². The molecular weight excluding hydrogens is 436 g/mol. The molecular formula is C34H44N2. The van der Waals surface area contributed by atoms with Crippen LogP contribution in [0.2, 0.25) is 0 Å². The van der Waals surface area contributed by atoms with E-state index in [9.17, 15) is 0 Å². The monoisotopic (exact) mass is 480 g/mol. The van der Waals surface area contributed by atoms with Gasteiger partial charge in [0.25, 0.3) is 0 Å². The van der Waals surface area contributed by atoms with Crippen molar-refractivity contribution in [2.45, 2.75) is 61.4 Å². The van der Waals surface area contributed by atoms with Crippen molar-refractivity contribution in [2.24, 2.45) is 11.8 Å². The van der Waals surface area contributed by atoms with E-state index >= 15 is 0 Å². The third kappa shape index (κ3) is 6.85. The topological polar surface area (TPSA) is 24.9 Å². The first-order valence-corrected chi connectivity index (χ1v) is 13.1. The van der Waals surface area contributed by atoms with E-state index in [1.54, 1.807) is 0 Å². The summed E-state index contributed by atoms with van der Waals surface area (Å²) < 4.78 is 0. The predicted octanol–water partition coefficient (Wildman–Crippen LogP) is 9.30. The number of benzene rings is 2. The summed E-state index contributed by atoms with van der Waals surface area (Å²) in [5.41, 5.74) is 10.7. The maximum atomic E-state index is 5.25. The molecule has 0 radical (unpaired) electrons. The van der Waals surface area contributed by atoms with Crippen molar-refractivity contribution >= 4 is 0 Å². The number of aryl methyl sites for hydroxylation is 3. The number of rotatable bonds is 9. The van der Waals surface area contributed by atoms with Gasteiger partial charge in [-0.3, -0.25) is 4.98 Å². The smallest absolute Gasteiger partial charge is 0.0940 e. The van der Waals surface area contributed by atoms with Crippen LogP contribution in [0.25, 0.3) is 11.3 Å². The third-order valence-corrected chi connectivity index (χ3v) is 6.33. The molecule has 1 N–H and O–H groups in total. The Bertz CT molecular complexity index is 1230. The van der Waals surface area contributed by atoms with Crippen molar-refractivity contribution < 1.29 is 1.43 Å². The van der Waals surface area contributed by atoms with E-state index in [0.717, 1.165) is 11.4 Å². The van der Waals surface area contributed by atoms with Crippen molar-refractivity contribution in [3.63, 3.8) is 0 Å². The molecule has 0 aliphatic heterocycles. The van der Waals surface area contributed by atoms with Gasteiger partial charge in [0.15, 0.2) is 0 Å². The Morgan fingerprint density at radius 2 is 1.56 bits per heavy atom. The third-order valence-electron chi connectivity index (χ3n) is 6.33. The van der Waals surface area contributed by atoms with E-state index < -0.39 is 0 Å². The molecule has 0 spiro atoms. The van der Waals surface area contributed by atoms with Crippen LogP contribution in [0.5, 0.6) is 0 Å². The number of hydrogen-bond acceptors (Lipinski definition) is 2. The molecule has 1 atom stereocenters. The quantitative estimate of drug-likeness (QED) is 0.309. The van der Waals surface area contributed by atoms with Crippen LogP contribution in [0.15, 0.2) is 96.2 Å². The highest BCUT2D eigenvalue weighted by molar-refractivity contribution is 5.68. The zero-order chi connectivity index (χ0) is 26.2. The van der Waals surface area contributed by atoms with Crippen molar-refractivity contribution in [1.29, 1.82) is 0 Å². The number of hydrogen-bond donors (Lipinski definition) is 1. The van der Waals surface area contributed by atoms with Crippen LogP contribution < -0.4 is 5.32 Å². The van der Waals surface area contributed by atoms with Gasteiger partial charge in [0.05, 0.1) is 17.4 Å². The van der Waals surface area contributed by atoms with Crippen LogP contribution >= 0.6 is 0 Å². The fraction of sp³-hybridized carbons (Fsp3) is 0.324. The summed E-state index contributed by atoms with van der Waals surface area (Å²) in [6, 6.07) is 21.5. The Kier molecular flexibility index (Phi) is 9.47. The highest BCUT2D eigenvalue weighted by Crippen LogP contribution is 2.31. The zero-order valence-electron chi connectivity index (χ0n) is 23.3. The summed E-state index contributed by atoms with van der Waals surface area (Å²) >= 11 is 0. The Morgan fingerprint density at radius 3 is 2.14 bits per heavy atom. The molecule has 0 amide bonds. The van der Waals surface area contributed by atoms with Gasteiger partial charge in [-0.1, -0.05) is 106 Å². The minimum absolute atomic E-state index is 0. The first-order chi connectivity index (χ1) is 17.2. The molecule has 1 heterocycles. The molecule has 2 heteroatoms. The zero-order valence-corrected chi connectivity index (χ0v) is 23.3. The predicted molar refractivity (Wildman–Crippen MR) is 158 cm³/mol. The fourth-order valence-corrected chi connectivity index (χ4v) is 4.82. The molecule has 2 nitrogen and oxygen atoms in total. The van der Waals surface area contributed by atoms with E-state index in [1.807, 2.05) is 0 Å². The highest BCUT2D eigenvalue weighted by Gasteiger charge is 2.21. The van der Waals surface area contributed by atoms with Crippen molar-refractivity contribution in [1.82, 2.24) is 10.3 Å². The molecule has 36 heavy (non-hydrogen) atoms. The Hall–Kier alpha value is -3.39. The second-order valence-electron chi connectivity index (χ2n) is 10.3. The van der Waals surface area contributed by atoms with Gasteiger partial charge in [-0.25, -0.2) is 0 Å². The molecule has 0 aliphatic carbocycles. The lowest BCUT2D eigenvalue weighted by atomic mass is 9.94. The van der Waals surface area contributed by atoms with Crippen molar-refractivity contribution in [2.75, 3.05) is 0 Å². The van der Waals surface area contributed by atoms with Crippen molar-refractivity contribution in [3.8, 4) is 11.3 Å². The lowest BCUT2D eigenvalue weighted by Gasteiger charge is -2.26. The fourth-order valence-electron chi connectivity index (χ4n) is 4.82. The largest absolute Gasteiger partial charge is 0.373 e. The summed E-state index contributed by atoms with van der Waals surface area (Å²) in [6.45, 7) is 17.5. The standard InChI is InChI=1S/C34H42N2.H2/c1-9-10-17-29(24(4)5)32(20-23(2)3)36-34(28-15-12-11-13-16-28)31-19-14-18-30(35-31)33-26(7)21-25(6)22-27(33)8;/h9-24,34,36H,1-8H3;1H/b10-9-,29-17-,32-20-;. The first kappa shape index (κ1) is 27.2. The Balaban J connectivity index is 0.00000481. The molecule has 2 aromatic carbocycles. The summed E-state index contributed by atoms with van der Waals surface area (Å²) in [5.74, 6) is 0.793. The van der Waals surface area contributed by atoms with E-state index in [1.165, 1.54) is 39.1 Å². The number of nitrogens with one attached hydrogen (secondary N) is 1. The number of nitrogens with zero attached hydrogens (tertiary/aromatic N) is 1. The SMILES string of the molecule is C\C=C/C=C(\C(=C\C(C)C)NC(c1ccccc1)c1cccc(-c2c(C)cc(C)cc2C)n1)C(C)C.[HH]. The highest BCUT2D eigenvalue weighted by atomic mass is 15.0. The van der Waals surface area contributed by atoms with Crippen LogP contribution in [-0.4, -0.2) is 4.98 Å².